The summed E-state index contributed by atoms with van der Waals surface area (Å²) in [6.07, 6.45) is 4.42. The molecule has 0 bridgehead atoms. The molecule has 0 aromatic carbocycles. The van der Waals surface area contributed by atoms with Gasteiger partial charge in [0.1, 0.15) is 5.69 Å². The summed E-state index contributed by atoms with van der Waals surface area (Å²) in [6.45, 7) is 0. The van der Waals surface area contributed by atoms with E-state index in [9.17, 15) is 4.79 Å². The number of amides is 1. The van der Waals surface area contributed by atoms with Crippen LogP contribution in [0.25, 0.3) is 0 Å². The van der Waals surface area contributed by atoms with Gasteiger partial charge in [0.15, 0.2) is 0 Å². The number of hydrogen-bond acceptors (Lipinski definition) is 1. The number of hydrogen-bond donors (Lipinski definition) is 0. The predicted molar refractivity (Wildman–Crippen MR) is 50.7 cm³/mol. The highest BCUT2D eigenvalue weighted by molar-refractivity contribution is 5.92. The Morgan fingerprint density at radius 1 is 1.54 bits per heavy atom. The summed E-state index contributed by atoms with van der Waals surface area (Å²) in [6, 6.07) is 4.41. The van der Waals surface area contributed by atoms with Gasteiger partial charge in [-0.3, -0.25) is 4.79 Å². The van der Waals surface area contributed by atoms with Crippen LogP contribution in [0.15, 0.2) is 18.3 Å². The van der Waals surface area contributed by atoms with Crippen LogP contribution in [0.2, 0.25) is 0 Å². The number of aromatic nitrogens is 1. The summed E-state index contributed by atoms with van der Waals surface area (Å²) in [5, 5.41) is 0. The van der Waals surface area contributed by atoms with E-state index in [2.05, 4.69) is 4.57 Å². The van der Waals surface area contributed by atoms with E-state index in [1.165, 1.54) is 12.8 Å². The number of nitrogens with zero attached hydrogens (tertiary/aromatic N) is 2. The fourth-order valence-corrected chi connectivity index (χ4v) is 1.48. The van der Waals surface area contributed by atoms with E-state index in [1.807, 2.05) is 18.3 Å². The second-order valence-corrected chi connectivity index (χ2v) is 3.73. The maximum Gasteiger partial charge on any atom is 0.269 e. The Morgan fingerprint density at radius 2 is 2.23 bits per heavy atom. The van der Waals surface area contributed by atoms with Crippen molar-refractivity contribution in [2.24, 2.45) is 0 Å². The molecule has 1 fully saturated rings. The van der Waals surface area contributed by atoms with Crippen molar-refractivity contribution in [3.8, 4) is 0 Å². The van der Waals surface area contributed by atoms with Gasteiger partial charge in [-0.25, -0.2) is 0 Å². The molecule has 3 nitrogen and oxygen atoms in total. The molecule has 0 aliphatic heterocycles. The van der Waals surface area contributed by atoms with Crippen molar-refractivity contribution in [3.63, 3.8) is 0 Å². The average molecular weight is 178 g/mol. The van der Waals surface area contributed by atoms with Crippen molar-refractivity contribution < 1.29 is 4.79 Å². The third-order valence-electron chi connectivity index (χ3n) is 2.34. The van der Waals surface area contributed by atoms with Gasteiger partial charge >= 0.3 is 0 Å². The molecule has 1 saturated carbocycles. The van der Waals surface area contributed by atoms with E-state index >= 15 is 0 Å². The minimum atomic E-state index is 0.0944. The first-order valence-electron chi connectivity index (χ1n) is 4.58. The molecule has 3 heteroatoms. The Kier molecular flexibility index (Phi) is 1.87. The van der Waals surface area contributed by atoms with Crippen LogP contribution in [0.3, 0.4) is 0 Å². The topological polar surface area (TPSA) is 25.2 Å². The van der Waals surface area contributed by atoms with Gasteiger partial charge in [-0.15, -0.1) is 0 Å². The first kappa shape index (κ1) is 8.35. The zero-order valence-corrected chi connectivity index (χ0v) is 8.03. The fraction of sp³-hybridized carbons (Fsp3) is 0.500. The Bertz CT molecular complexity index is 323. The van der Waals surface area contributed by atoms with Crippen molar-refractivity contribution in [1.29, 1.82) is 0 Å². The van der Waals surface area contributed by atoms with Crippen molar-refractivity contribution in [1.82, 2.24) is 9.47 Å². The molecule has 0 unspecified atom stereocenters. The zero-order chi connectivity index (χ0) is 9.42. The Labute approximate surface area is 78.0 Å². The lowest BCUT2D eigenvalue weighted by molar-refractivity contribution is 0.0817. The van der Waals surface area contributed by atoms with Gasteiger partial charge in [-0.05, 0) is 25.0 Å². The van der Waals surface area contributed by atoms with Gasteiger partial charge in [-0.1, -0.05) is 0 Å². The highest BCUT2D eigenvalue weighted by Gasteiger charge is 2.26. The van der Waals surface area contributed by atoms with E-state index in [1.54, 1.807) is 19.0 Å². The van der Waals surface area contributed by atoms with Crippen LogP contribution in [0.1, 0.15) is 29.4 Å². The molecule has 0 N–H and O–H groups in total. The van der Waals surface area contributed by atoms with Gasteiger partial charge in [0.2, 0.25) is 0 Å². The normalized spacial score (nSPS) is 15.8. The largest absolute Gasteiger partial charge is 0.343 e. The van der Waals surface area contributed by atoms with Crippen LogP contribution in [0.5, 0.6) is 0 Å². The standard InChI is InChI=1S/C10H14N2O/c1-11(2)10(13)9-4-3-7-12(9)8-5-6-8/h3-4,7-8H,5-6H2,1-2H3. The molecule has 1 amide bonds. The Morgan fingerprint density at radius 3 is 2.77 bits per heavy atom. The second-order valence-electron chi connectivity index (χ2n) is 3.73. The van der Waals surface area contributed by atoms with Gasteiger partial charge in [0.25, 0.3) is 5.91 Å². The molecule has 13 heavy (non-hydrogen) atoms. The maximum atomic E-state index is 11.7. The van der Waals surface area contributed by atoms with Gasteiger partial charge in [0, 0.05) is 26.3 Å². The van der Waals surface area contributed by atoms with Crippen LogP contribution in [0, 0.1) is 0 Å². The third kappa shape index (κ3) is 1.46. The lowest BCUT2D eigenvalue weighted by atomic mass is 10.4. The van der Waals surface area contributed by atoms with E-state index in [0.29, 0.717) is 6.04 Å². The second kappa shape index (κ2) is 2.91. The smallest absolute Gasteiger partial charge is 0.269 e. The maximum absolute atomic E-state index is 11.7. The summed E-state index contributed by atoms with van der Waals surface area (Å²) in [5.74, 6) is 0.0944. The molecular formula is C10H14N2O. The van der Waals surface area contributed by atoms with Crippen molar-refractivity contribution in [2.75, 3.05) is 14.1 Å². The summed E-state index contributed by atoms with van der Waals surface area (Å²) in [7, 11) is 3.57. The molecule has 2 rings (SSSR count). The van der Waals surface area contributed by atoms with Crippen LogP contribution < -0.4 is 0 Å². The highest BCUT2D eigenvalue weighted by Crippen LogP contribution is 2.36. The molecule has 0 spiro atoms. The number of rotatable bonds is 2. The first-order chi connectivity index (χ1) is 6.20. The lowest BCUT2D eigenvalue weighted by Gasteiger charge is -2.12. The average Bonchev–Trinajstić information content (AvgIpc) is 2.83. The summed E-state index contributed by atoms with van der Waals surface area (Å²) < 4.78 is 2.09. The molecule has 70 valence electrons. The van der Waals surface area contributed by atoms with Crippen molar-refractivity contribution in [3.05, 3.63) is 24.0 Å². The minimum absolute atomic E-state index is 0.0944. The zero-order valence-electron chi connectivity index (χ0n) is 8.03. The monoisotopic (exact) mass is 178 g/mol. The fourth-order valence-electron chi connectivity index (χ4n) is 1.48. The van der Waals surface area contributed by atoms with Crippen LogP contribution >= 0.6 is 0 Å². The number of carbonyl (C=O) groups excluding carboxylic acids is 1. The van der Waals surface area contributed by atoms with Crippen LogP contribution in [-0.2, 0) is 0 Å². The van der Waals surface area contributed by atoms with Gasteiger partial charge in [-0.2, -0.15) is 0 Å². The van der Waals surface area contributed by atoms with E-state index < -0.39 is 0 Å². The molecule has 1 aliphatic rings. The van der Waals surface area contributed by atoms with Crippen molar-refractivity contribution in [2.45, 2.75) is 18.9 Å². The third-order valence-corrected chi connectivity index (χ3v) is 2.34. The van der Waals surface area contributed by atoms with Gasteiger partial charge < -0.3 is 9.47 Å². The molecule has 1 aromatic rings. The lowest BCUT2D eigenvalue weighted by Crippen LogP contribution is -2.24. The minimum Gasteiger partial charge on any atom is -0.343 e. The van der Waals surface area contributed by atoms with Gasteiger partial charge in [0.05, 0.1) is 0 Å². The Balaban J connectivity index is 2.28. The highest BCUT2D eigenvalue weighted by atomic mass is 16.2. The first-order valence-corrected chi connectivity index (χ1v) is 4.58. The molecule has 1 aliphatic carbocycles. The van der Waals surface area contributed by atoms with E-state index in [0.717, 1.165) is 5.69 Å². The molecule has 0 saturated heterocycles. The summed E-state index contributed by atoms with van der Waals surface area (Å²) in [4.78, 5) is 13.3. The van der Waals surface area contributed by atoms with Crippen LogP contribution in [0.4, 0.5) is 0 Å². The molecule has 0 atom stereocenters. The van der Waals surface area contributed by atoms with E-state index in [-0.39, 0.29) is 5.91 Å². The van der Waals surface area contributed by atoms with E-state index in [4.69, 9.17) is 0 Å². The molecular weight excluding hydrogens is 164 g/mol. The quantitative estimate of drug-likeness (QED) is 0.674. The summed E-state index contributed by atoms with van der Waals surface area (Å²) in [5.41, 5.74) is 0.813. The van der Waals surface area contributed by atoms with Crippen molar-refractivity contribution >= 4 is 5.91 Å². The predicted octanol–water partition coefficient (Wildman–Crippen LogP) is 1.52. The summed E-state index contributed by atoms with van der Waals surface area (Å²) >= 11 is 0. The van der Waals surface area contributed by atoms with Crippen LogP contribution in [-0.4, -0.2) is 29.5 Å². The Hall–Kier alpha value is -1.25. The SMILES string of the molecule is CN(C)C(=O)c1cccn1C1CC1. The number of carbonyl (C=O) groups is 1. The molecule has 1 heterocycles. The molecule has 0 radical (unpaired) electrons. The molecule has 1 aromatic heterocycles.